The van der Waals surface area contributed by atoms with Crippen molar-refractivity contribution in [2.75, 3.05) is 13.2 Å². The van der Waals surface area contributed by atoms with Gasteiger partial charge in [-0.1, -0.05) is 50.8 Å². The molecule has 4 aliphatic rings. The lowest BCUT2D eigenvalue weighted by atomic mass is 9.75. The number of carbonyl (C=O) groups excluding carboxylic acids is 2. The third kappa shape index (κ3) is 9.68. The largest absolute Gasteiger partial charge is 0.476 e. The minimum atomic E-state index is -1.49. The van der Waals surface area contributed by atoms with Gasteiger partial charge in [-0.15, -0.1) is 0 Å². The highest BCUT2D eigenvalue weighted by Gasteiger charge is 2.52. The quantitative estimate of drug-likeness (QED) is 0.121. The van der Waals surface area contributed by atoms with Crippen LogP contribution >= 0.6 is 0 Å². The van der Waals surface area contributed by atoms with E-state index in [0.29, 0.717) is 6.42 Å². The Balaban J connectivity index is 1.46. The van der Waals surface area contributed by atoms with Crippen LogP contribution in [0.3, 0.4) is 0 Å². The normalized spacial score (nSPS) is 38.1. The van der Waals surface area contributed by atoms with Crippen LogP contribution in [0.25, 0.3) is 0 Å². The summed E-state index contributed by atoms with van der Waals surface area (Å²) < 4.78 is 36.3. The maximum absolute atomic E-state index is 13.6. The Bertz CT molecular complexity index is 1290. The highest BCUT2D eigenvalue weighted by atomic mass is 16.7. The molecule has 2 aliphatic heterocycles. The number of esters is 2. The zero-order valence-electron chi connectivity index (χ0n) is 29.8. The summed E-state index contributed by atoms with van der Waals surface area (Å²) in [5.74, 6) is -1.66. The van der Waals surface area contributed by atoms with Gasteiger partial charge in [0.15, 0.2) is 18.5 Å². The summed E-state index contributed by atoms with van der Waals surface area (Å²) in [6.07, 6.45) is -3.62. The van der Waals surface area contributed by atoms with E-state index in [1.165, 1.54) is 0 Å². The van der Waals surface area contributed by atoms with Gasteiger partial charge in [0.2, 0.25) is 5.76 Å². The second-order valence-corrected chi connectivity index (χ2v) is 14.5. The van der Waals surface area contributed by atoms with Gasteiger partial charge in [0.1, 0.15) is 30.5 Å². The first-order valence-corrected chi connectivity index (χ1v) is 18.6. The van der Waals surface area contributed by atoms with Gasteiger partial charge in [0.25, 0.3) is 0 Å². The van der Waals surface area contributed by atoms with Crippen LogP contribution < -0.4 is 0 Å². The van der Waals surface area contributed by atoms with Gasteiger partial charge >= 0.3 is 11.9 Å². The predicted octanol–water partition coefficient (Wildman–Crippen LogP) is 2.78. The molecule has 2 heterocycles. The van der Waals surface area contributed by atoms with Crippen LogP contribution in [0.1, 0.15) is 88.9 Å². The molecule has 5 N–H and O–H groups in total. The van der Waals surface area contributed by atoms with Crippen LogP contribution in [-0.2, 0) is 33.2 Å². The number of hydrogen-bond donors (Lipinski definition) is 5. The van der Waals surface area contributed by atoms with Crippen molar-refractivity contribution in [3.63, 3.8) is 0 Å². The molecule has 2 saturated carbocycles. The van der Waals surface area contributed by atoms with Crippen LogP contribution in [0.2, 0.25) is 0 Å². The molecule has 13 atom stereocenters. The van der Waals surface area contributed by atoms with E-state index in [4.69, 9.17) is 28.4 Å². The Kier molecular flexibility index (Phi) is 14.3. The van der Waals surface area contributed by atoms with Gasteiger partial charge in [-0.05, 0) is 81.9 Å². The number of aliphatic hydroxyl groups excluding tert-OH is 5. The van der Waals surface area contributed by atoms with Gasteiger partial charge < -0.3 is 54.0 Å². The van der Waals surface area contributed by atoms with Crippen molar-refractivity contribution in [2.24, 2.45) is 17.8 Å². The Hall–Kier alpha value is -2.62. The molecule has 0 aromatic heterocycles. The van der Waals surface area contributed by atoms with E-state index in [0.717, 1.165) is 44.9 Å². The molecule has 2 aliphatic carbocycles. The third-order valence-electron chi connectivity index (χ3n) is 10.9. The molecule has 5 rings (SSSR count). The number of allylic oxidation sites excluding steroid dienone is 1. The summed E-state index contributed by atoms with van der Waals surface area (Å²) in [5.41, 5.74) is 0.267. The van der Waals surface area contributed by atoms with Crippen LogP contribution in [0, 0.1) is 17.8 Å². The summed E-state index contributed by atoms with van der Waals surface area (Å²) in [6.45, 7) is 4.83. The molecule has 286 valence electrons. The lowest BCUT2D eigenvalue weighted by molar-refractivity contribution is -0.315. The molecule has 0 amide bonds. The van der Waals surface area contributed by atoms with Crippen molar-refractivity contribution >= 4 is 11.9 Å². The number of ether oxygens (including phenoxy) is 6. The summed E-state index contributed by atoms with van der Waals surface area (Å²) in [5, 5.41) is 53.4. The van der Waals surface area contributed by atoms with E-state index >= 15 is 0 Å². The summed E-state index contributed by atoms with van der Waals surface area (Å²) >= 11 is 0. The lowest BCUT2D eigenvalue weighted by Crippen LogP contribution is -2.62. The number of benzene rings is 1. The fourth-order valence-electron chi connectivity index (χ4n) is 7.98. The Labute approximate surface area is 299 Å². The first kappa shape index (κ1) is 39.6. The van der Waals surface area contributed by atoms with Crippen molar-refractivity contribution in [3.8, 4) is 0 Å². The van der Waals surface area contributed by atoms with Crippen LogP contribution in [0.5, 0.6) is 0 Å². The number of aliphatic hydroxyl groups is 5. The molecule has 4 fully saturated rings. The minimum Gasteiger partial charge on any atom is -0.476 e. The third-order valence-corrected chi connectivity index (χ3v) is 10.9. The minimum absolute atomic E-state index is 0.00659. The maximum atomic E-state index is 13.6. The highest BCUT2D eigenvalue weighted by Crippen LogP contribution is 2.40. The molecule has 0 spiro atoms. The Morgan fingerprint density at radius 2 is 1.53 bits per heavy atom. The smallest absolute Gasteiger partial charge is 0.373 e. The first-order chi connectivity index (χ1) is 24.5. The molecule has 13 nitrogen and oxygen atoms in total. The fraction of sp³-hybridized carbons (Fsp3) is 0.737. The van der Waals surface area contributed by atoms with Gasteiger partial charge in [0, 0.05) is 0 Å². The Morgan fingerprint density at radius 3 is 2.22 bits per heavy atom. The van der Waals surface area contributed by atoms with Crippen LogP contribution in [-0.4, -0.2) is 118 Å². The van der Waals surface area contributed by atoms with Gasteiger partial charge in [-0.25, -0.2) is 9.59 Å². The summed E-state index contributed by atoms with van der Waals surface area (Å²) in [7, 11) is 0. The lowest BCUT2D eigenvalue weighted by Gasteiger charge is -2.47. The molecule has 0 radical (unpaired) electrons. The monoisotopic (exact) mass is 720 g/mol. The van der Waals surface area contributed by atoms with Crippen LogP contribution in [0.15, 0.2) is 42.2 Å². The molecule has 2 saturated heterocycles. The summed E-state index contributed by atoms with van der Waals surface area (Å²) in [4.78, 5) is 26.9. The SMILES string of the molecule is CCOC(=O)/C(=C/C1CCCCC1)OC1C(O)C(CO)OC(CC2CCCC(C)C2OC2OC(C)C(O)C(O)C2O)C1OC(=O)c1ccccc1. The number of hydrogen-bond acceptors (Lipinski definition) is 13. The van der Waals surface area contributed by atoms with Crippen molar-refractivity contribution < 1.29 is 63.5 Å². The molecular weight excluding hydrogens is 664 g/mol. The van der Waals surface area contributed by atoms with Crippen LogP contribution in [0.4, 0.5) is 0 Å². The van der Waals surface area contributed by atoms with Crippen molar-refractivity contribution in [2.45, 2.75) is 146 Å². The zero-order chi connectivity index (χ0) is 36.7. The molecule has 1 aromatic carbocycles. The van der Waals surface area contributed by atoms with E-state index in [2.05, 4.69) is 0 Å². The number of carbonyl (C=O) groups is 2. The average molecular weight is 721 g/mol. The molecular formula is C38H56O13. The summed E-state index contributed by atoms with van der Waals surface area (Å²) in [6, 6.07) is 8.37. The fourth-order valence-corrected chi connectivity index (χ4v) is 7.98. The van der Waals surface area contributed by atoms with Gasteiger partial charge in [-0.2, -0.15) is 0 Å². The standard InChI is InChI=1S/C38H56O13/c1-4-46-37(45)27(18-23-13-7-5-8-14-23)49-35-30(41)28(20-39)48-26(34(35)50-36(44)24-15-9-6-10-16-24)19-25-17-11-12-21(2)33(25)51-38-32(43)31(42)29(40)22(3)47-38/h6,9-10,15-16,18,21-23,25-26,28-35,38-43H,4-5,7-8,11-14,17,19-20H2,1-3H3/b27-18-. The second-order valence-electron chi connectivity index (χ2n) is 14.5. The van der Waals surface area contributed by atoms with E-state index in [1.54, 1.807) is 50.3 Å². The average Bonchev–Trinajstić information content (AvgIpc) is 3.13. The van der Waals surface area contributed by atoms with E-state index < -0.39 is 85.9 Å². The molecule has 13 unspecified atom stereocenters. The van der Waals surface area contributed by atoms with E-state index in [9.17, 15) is 35.1 Å². The zero-order valence-corrected chi connectivity index (χ0v) is 29.8. The number of rotatable bonds is 12. The first-order valence-electron chi connectivity index (χ1n) is 18.6. The maximum Gasteiger partial charge on any atom is 0.373 e. The molecule has 51 heavy (non-hydrogen) atoms. The highest BCUT2D eigenvalue weighted by molar-refractivity contribution is 5.89. The van der Waals surface area contributed by atoms with Gasteiger partial charge in [-0.3, -0.25) is 0 Å². The van der Waals surface area contributed by atoms with Crippen molar-refractivity contribution in [3.05, 3.63) is 47.7 Å². The van der Waals surface area contributed by atoms with Gasteiger partial charge in [0.05, 0.1) is 37.1 Å². The molecule has 1 aromatic rings. The predicted molar refractivity (Wildman–Crippen MR) is 182 cm³/mol. The van der Waals surface area contributed by atoms with Crippen molar-refractivity contribution in [1.29, 1.82) is 0 Å². The molecule has 13 heteroatoms. The Morgan fingerprint density at radius 1 is 0.804 bits per heavy atom. The molecule has 0 bridgehead atoms. The van der Waals surface area contributed by atoms with E-state index in [1.807, 2.05) is 6.92 Å². The van der Waals surface area contributed by atoms with Crippen molar-refractivity contribution in [1.82, 2.24) is 0 Å². The topological polar surface area (TPSA) is 191 Å². The van der Waals surface area contributed by atoms with E-state index in [-0.39, 0.29) is 42.1 Å². The second kappa shape index (κ2) is 18.4.